The quantitative estimate of drug-likeness (QED) is 0.753. The summed E-state index contributed by atoms with van der Waals surface area (Å²) < 4.78 is 13.6. The maximum Gasteiger partial charge on any atom is 0.166 e. The van der Waals surface area contributed by atoms with Crippen LogP contribution in [0.15, 0.2) is 22.7 Å². The fourth-order valence-electron chi connectivity index (χ4n) is 4.52. The number of Topliss-reactive ketones (excluding diaryl/α,β-unsaturated/α-hetero) is 1. The van der Waals surface area contributed by atoms with Crippen LogP contribution in [0.25, 0.3) is 0 Å². The van der Waals surface area contributed by atoms with Gasteiger partial charge in [-0.05, 0) is 77.1 Å². The van der Waals surface area contributed by atoms with E-state index < -0.39 is 0 Å². The van der Waals surface area contributed by atoms with Gasteiger partial charge >= 0.3 is 0 Å². The molecule has 0 aromatic heterocycles. The molecule has 0 amide bonds. The summed E-state index contributed by atoms with van der Waals surface area (Å²) in [4.78, 5) is 12.5. The van der Waals surface area contributed by atoms with Gasteiger partial charge in [-0.1, -0.05) is 0 Å². The second-order valence-corrected chi connectivity index (χ2v) is 6.86. The molecule has 94 valence electrons. The molecule has 0 spiro atoms. The van der Waals surface area contributed by atoms with E-state index in [-0.39, 0.29) is 17.5 Å². The highest BCUT2D eigenvalue weighted by molar-refractivity contribution is 9.10. The van der Waals surface area contributed by atoms with Crippen molar-refractivity contribution in [3.63, 3.8) is 0 Å². The summed E-state index contributed by atoms with van der Waals surface area (Å²) in [5.41, 5.74) is 0.669. The molecule has 1 aromatic carbocycles. The third-order valence-corrected chi connectivity index (χ3v) is 5.85. The maximum absolute atomic E-state index is 13.2. The van der Waals surface area contributed by atoms with Gasteiger partial charge in [-0.2, -0.15) is 0 Å². The third-order valence-electron chi connectivity index (χ3n) is 5.24. The van der Waals surface area contributed by atoms with Gasteiger partial charge in [0, 0.05) is 11.5 Å². The van der Waals surface area contributed by atoms with Crippen molar-refractivity contribution in [2.45, 2.75) is 19.3 Å². The Morgan fingerprint density at radius 2 is 1.89 bits per heavy atom. The molecule has 0 heterocycles. The minimum atomic E-state index is -0.303. The molecular weight excluding hydrogens is 295 g/mol. The van der Waals surface area contributed by atoms with E-state index in [2.05, 4.69) is 15.9 Å². The van der Waals surface area contributed by atoms with E-state index >= 15 is 0 Å². The maximum atomic E-state index is 13.2. The van der Waals surface area contributed by atoms with Gasteiger partial charge in [-0.25, -0.2) is 4.39 Å². The van der Waals surface area contributed by atoms with Crippen LogP contribution in [0, 0.1) is 35.4 Å². The zero-order chi connectivity index (χ0) is 12.4. The SMILES string of the molecule is O=C(c1ccc(F)c(Br)c1)C1C2C3CCC(C3)C12. The molecule has 4 atom stereocenters. The molecule has 0 aliphatic heterocycles. The molecule has 1 aromatic rings. The minimum Gasteiger partial charge on any atom is -0.294 e. The second-order valence-electron chi connectivity index (χ2n) is 6.01. The van der Waals surface area contributed by atoms with Gasteiger partial charge in [0.2, 0.25) is 0 Å². The summed E-state index contributed by atoms with van der Waals surface area (Å²) in [5.74, 6) is 3.09. The van der Waals surface area contributed by atoms with Crippen LogP contribution in [0.5, 0.6) is 0 Å². The lowest BCUT2D eigenvalue weighted by molar-refractivity contribution is 0.0944. The summed E-state index contributed by atoms with van der Waals surface area (Å²) in [6.07, 6.45) is 4.00. The van der Waals surface area contributed by atoms with Gasteiger partial charge in [0.25, 0.3) is 0 Å². The first kappa shape index (κ1) is 11.2. The number of rotatable bonds is 2. The van der Waals surface area contributed by atoms with E-state index in [1.165, 1.54) is 25.3 Å². The summed E-state index contributed by atoms with van der Waals surface area (Å²) in [7, 11) is 0. The predicted octanol–water partition coefficient (Wildman–Crippen LogP) is 4.06. The van der Waals surface area contributed by atoms with Crippen LogP contribution in [0.3, 0.4) is 0 Å². The van der Waals surface area contributed by atoms with E-state index in [1.54, 1.807) is 12.1 Å². The van der Waals surface area contributed by atoms with Crippen molar-refractivity contribution in [1.82, 2.24) is 0 Å². The largest absolute Gasteiger partial charge is 0.294 e. The van der Waals surface area contributed by atoms with Gasteiger partial charge < -0.3 is 0 Å². The van der Waals surface area contributed by atoms with Crippen LogP contribution in [0.4, 0.5) is 4.39 Å². The minimum absolute atomic E-state index is 0.238. The van der Waals surface area contributed by atoms with Gasteiger partial charge in [0.05, 0.1) is 4.47 Å². The number of halogens is 2. The zero-order valence-corrected chi connectivity index (χ0v) is 11.5. The molecule has 0 N–H and O–H groups in total. The number of fused-ring (bicyclic) bond motifs is 5. The van der Waals surface area contributed by atoms with Crippen molar-refractivity contribution in [3.05, 3.63) is 34.1 Å². The first-order valence-electron chi connectivity index (χ1n) is 6.66. The lowest BCUT2D eigenvalue weighted by Gasteiger charge is -2.08. The van der Waals surface area contributed by atoms with Crippen LogP contribution in [-0.2, 0) is 0 Å². The molecule has 0 radical (unpaired) electrons. The van der Waals surface area contributed by atoms with E-state index in [4.69, 9.17) is 0 Å². The third kappa shape index (κ3) is 1.40. The molecule has 3 heteroatoms. The Labute approximate surface area is 114 Å². The fraction of sp³-hybridized carbons (Fsp3) is 0.533. The Hall–Kier alpha value is -0.700. The highest BCUT2D eigenvalue weighted by Crippen LogP contribution is 2.69. The number of carbonyl (C=O) groups is 1. The van der Waals surface area contributed by atoms with E-state index in [0.717, 1.165) is 11.8 Å². The smallest absolute Gasteiger partial charge is 0.166 e. The second kappa shape index (κ2) is 3.66. The highest BCUT2D eigenvalue weighted by atomic mass is 79.9. The first-order valence-corrected chi connectivity index (χ1v) is 7.45. The molecule has 4 rings (SSSR count). The fourth-order valence-corrected chi connectivity index (χ4v) is 4.90. The molecule has 4 unspecified atom stereocenters. The monoisotopic (exact) mass is 308 g/mol. The van der Waals surface area contributed by atoms with Crippen LogP contribution < -0.4 is 0 Å². The number of hydrogen-bond donors (Lipinski definition) is 0. The zero-order valence-electron chi connectivity index (χ0n) is 9.90. The Bertz CT molecular complexity index is 525. The number of ketones is 1. The number of benzene rings is 1. The summed E-state index contributed by atoms with van der Waals surface area (Å²) in [6, 6.07) is 4.63. The molecule has 0 saturated heterocycles. The van der Waals surface area contributed by atoms with Gasteiger partial charge in [0.1, 0.15) is 5.82 Å². The van der Waals surface area contributed by atoms with Crippen molar-refractivity contribution in [1.29, 1.82) is 0 Å². The Kier molecular flexibility index (Phi) is 2.27. The normalized spacial score (nSPS) is 39.8. The van der Waals surface area contributed by atoms with E-state index in [0.29, 0.717) is 21.9 Å². The standard InChI is InChI=1S/C15H14BrFO/c16-10-6-9(3-4-11(10)17)15(18)14-12-7-1-2-8(5-7)13(12)14/h3-4,6-8,12-14H,1-2,5H2. The van der Waals surface area contributed by atoms with E-state index in [9.17, 15) is 9.18 Å². The lowest BCUT2D eigenvalue weighted by Crippen LogP contribution is -2.10. The summed E-state index contributed by atoms with van der Waals surface area (Å²) in [6.45, 7) is 0. The molecular formula is C15H14BrFO. The molecule has 1 nitrogen and oxygen atoms in total. The van der Waals surface area contributed by atoms with Gasteiger partial charge in [-0.15, -0.1) is 0 Å². The first-order chi connectivity index (χ1) is 8.66. The van der Waals surface area contributed by atoms with Crippen molar-refractivity contribution in [2.75, 3.05) is 0 Å². The van der Waals surface area contributed by atoms with E-state index in [1.807, 2.05) is 0 Å². The average molecular weight is 309 g/mol. The lowest BCUT2D eigenvalue weighted by atomic mass is 9.96. The molecule has 18 heavy (non-hydrogen) atoms. The van der Waals surface area contributed by atoms with Gasteiger partial charge in [0.15, 0.2) is 5.78 Å². The van der Waals surface area contributed by atoms with Gasteiger partial charge in [-0.3, -0.25) is 4.79 Å². The topological polar surface area (TPSA) is 17.1 Å². The molecule has 3 fully saturated rings. The number of hydrogen-bond acceptors (Lipinski definition) is 1. The van der Waals surface area contributed by atoms with Crippen molar-refractivity contribution >= 4 is 21.7 Å². The molecule has 3 aliphatic rings. The molecule has 3 saturated carbocycles. The average Bonchev–Trinajstić information content (AvgIpc) is 2.80. The number of carbonyl (C=O) groups excluding carboxylic acids is 1. The Balaban J connectivity index is 1.60. The van der Waals surface area contributed by atoms with Crippen LogP contribution in [0.2, 0.25) is 0 Å². The van der Waals surface area contributed by atoms with Crippen LogP contribution in [-0.4, -0.2) is 5.78 Å². The summed E-state index contributed by atoms with van der Waals surface area (Å²) >= 11 is 3.15. The predicted molar refractivity (Wildman–Crippen MR) is 69.7 cm³/mol. The summed E-state index contributed by atoms with van der Waals surface area (Å²) in [5, 5.41) is 0. The van der Waals surface area contributed by atoms with Crippen molar-refractivity contribution in [3.8, 4) is 0 Å². The Morgan fingerprint density at radius 3 is 2.50 bits per heavy atom. The van der Waals surface area contributed by atoms with Crippen LogP contribution in [0.1, 0.15) is 29.6 Å². The van der Waals surface area contributed by atoms with Crippen LogP contribution >= 0.6 is 15.9 Å². The Morgan fingerprint density at radius 1 is 1.22 bits per heavy atom. The molecule has 2 bridgehead atoms. The van der Waals surface area contributed by atoms with Crippen molar-refractivity contribution < 1.29 is 9.18 Å². The highest BCUT2D eigenvalue weighted by Gasteiger charge is 2.67. The van der Waals surface area contributed by atoms with Crippen molar-refractivity contribution in [2.24, 2.45) is 29.6 Å². The molecule has 3 aliphatic carbocycles.